The maximum Gasteiger partial charge on any atom is 0.205 e. The Balaban J connectivity index is 1.88. The lowest BCUT2D eigenvalue weighted by molar-refractivity contribution is 0.369. The average molecular weight is 205 g/mol. The molecule has 3 heteroatoms. The Kier molecular flexibility index (Phi) is 2.01. The Morgan fingerprint density at radius 2 is 2.13 bits per heavy atom. The number of hydrogen-bond donors (Lipinski definition) is 0. The fourth-order valence-corrected chi connectivity index (χ4v) is 2.68. The quantitative estimate of drug-likeness (QED) is 0.735. The Hall–Kier alpha value is -0.990. The van der Waals surface area contributed by atoms with Crippen LogP contribution in [0.15, 0.2) is 6.20 Å². The van der Waals surface area contributed by atoms with E-state index >= 15 is 0 Å². The summed E-state index contributed by atoms with van der Waals surface area (Å²) in [5, 5.41) is 0. The van der Waals surface area contributed by atoms with E-state index in [0.29, 0.717) is 0 Å². The molecule has 1 unspecified atom stereocenters. The minimum absolute atomic E-state index is 0.862. The van der Waals surface area contributed by atoms with E-state index < -0.39 is 0 Å². The van der Waals surface area contributed by atoms with Gasteiger partial charge in [-0.3, -0.25) is 0 Å². The SMILES string of the molecule is CCc1cn2c(n1)N(C)CC(C1CC1)C2. The first-order valence-corrected chi connectivity index (χ1v) is 6.05. The lowest BCUT2D eigenvalue weighted by atomic mass is 10.0. The van der Waals surface area contributed by atoms with Crippen LogP contribution >= 0.6 is 0 Å². The molecule has 15 heavy (non-hydrogen) atoms. The maximum atomic E-state index is 4.65. The van der Waals surface area contributed by atoms with Gasteiger partial charge in [-0.25, -0.2) is 4.98 Å². The van der Waals surface area contributed by atoms with Crippen molar-refractivity contribution in [1.82, 2.24) is 9.55 Å². The Labute approximate surface area is 91.1 Å². The number of nitrogens with zero attached hydrogens (tertiary/aromatic N) is 3. The molecule has 82 valence electrons. The summed E-state index contributed by atoms with van der Waals surface area (Å²) in [5.74, 6) is 3.03. The largest absolute Gasteiger partial charge is 0.345 e. The molecule has 1 aliphatic carbocycles. The summed E-state index contributed by atoms with van der Waals surface area (Å²) in [6.45, 7) is 4.56. The number of aryl methyl sites for hydroxylation is 1. The van der Waals surface area contributed by atoms with Gasteiger partial charge in [0.15, 0.2) is 0 Å². The van der Waals surface area contributed by atoms with Crippen LogP contribution < -0.4 is 4.90 Å². The van der Waals surface area contributed by atoms with Gasteiger partial charge in [-0.2, -0.15) is 0 Å². The average Bonchev–Trinajstić information content (AvgIpc) is 2.98. The first-order chi connectivity index (χ1) is 7.28. The molecule has 0 spiro atoms. The minimum Gasteiger partial charge on any atom is -0.345 e. The van der Waals surface area contributed by atoms with Crippen molar-refractivity contribution < 1.29 is 0 Å². The molecular weight excluding hydrogens is 186 g/mol. The van der Waals surface area contributed by atoms with Crippen molar-refractivity contribution in [2.75, 3.05) is 18.5 Å². The molecule has 1 aromatic rings. The normalized spacial score (nSPS) is 25.5. The Bertz CT molecular complexity index is 365. The number of imidazole rings is 1. The lowest BCUT2D eigenvalue weighted by Crippen LogP contribution is -2.36. The van der Waals surface area contributed by atoms with Crippen molar-refractivity contribution in [1.29, 1.82) is 0 Å². The summed E-state index contributed by atoms with van der Waals surface area (Å²) < 4.78 is 2.35. The van der Waals surface area contributed by atoms with E-state index in [1.165, 1.54) is 37.6 Å². The highest BCUT2D eigenvalue weighted by Crippen LogP contribution is 2.40. The molecular formula is C12H19N3. The zero-order chi connectivity index (χ0) is 10.4. The zero-order valence-corrected chi connectivity index (χ0v) is 9.61. The van der Waals surface area contributed by atoms with Crippen molar-refractivity contribution >= 4 is 5.95 Å². The van der Waals surface area contributed by atoms with E-state index in [4.69, 9.17) is 0 Å². The molecule has 1 atom stereocenters. The van der Waals surface area contributed by atoms with Crippen molar-refractivity contribution in [3.05, 3.63) is 11.9 Å². The summed E-state index contributed by atoms with van der Waals surface area (Å²) in [6.07, 6.45) is 6.18. The van der Waals surface area contributed by atoms with Crippen molar-refractivity contribution in [2.24, 2.45) is 11.8 Å². The molecule has 0 bridgehead atoms. The van der Waals surface area contributed by atoms with E-state index in [0.717, 1.165) is 18.3 Å². The molecule has 3 rings (SSSR count). The molecule has 1 aliphatic heterocycles. The van der Waals surface area contributed by atoms with Crippen LogP contribution in [-0.4, -0.2) is 23.1 Å². The minimum atomic E-state index is 0.862. The number of rotatable bonds is 2. The van der Waals surface area contributed by atoms with Crippen LogP contribution in [0.2, 0.25) is 0 Å². The maximum absolute atomic E-state index is 4.65. The van der Waals surface area contributed by atoms with Gasteiger partial charge < -0.3 is 9.47 Å². The molecule has 0 amide bonds. The smallest absolute Gasteiger partial charge is 0.205 e. The Morgan fingerprint density at radius 3 is 2.80 bits per heavy atom. The summed E-state index contributed by atoms with van der Waals surface area (Å²) in [6, 6.07) is 0. The van der Waals surface area contributed by atoms with Gasteiger partial charge in [-0.15, -0.1) is 0 Å². The van der Waals surface area contributed by atoms with Gasteiger partial charge in [0.2, 0.25) is 5.95 Å². The third kappa shape index (κ3) is 1.54. The predicted molar refractivity (Wildman–Crippen MR) is 61.1 cm³/mol. The molecule has 0 N–H and O–H groups in total. The monoisotopic (exact) mass is 205 g/mol. The second kappa shape index (κ2) is 3.26. The molecule has 1 aromatic heterocycles. The van der Waals surface area contributed by atoms with Gasteiger partial charge in [0.05, 0.1) is 5.69 Å². The topological polar surface area (TPSA) is 21.1 Å². The highest BCUT2D eigenvalue weighted by Gasteiger charge is 2.35. The lowest BCUT2D eigenvalue weighted by Gasteiger charge is -2.31. The number of hydrogen-bond acceptors (Lipinski definition) is 2. The fourth-order valence-electron chi connectivity index (χ4n) is 2.68. The van der Waals surface area contributed by atoms with Crippen LogP contribution in [0.25, 0.3) is 0 Å². The van der Waals surface area contributed by atoms with E-state index in [1.54, 1.807) is 0 Å². The number of aromatic nitrogens is 2. The van der Waals surface area contributed by atoms with E-state index in [2.05, 4.69) is 34.6 Å². The van der Waals surface area contributed by atoms with Gasteiger partial charge in [-0.1, -0.05) is 6.92 Å². The van der Waals surface area contributed by atoms with Gasteiger partial charge in [-0.05, 0) is 31.1 Å². The van der Waals surface area contributed by atoms with Crippen LogP contribution in [0.1, 0.15) is 25.5 Å². The third-order valence-electron chi connectivity index (χ3n) is 3.74. The highest BCUT2D eigenvalue weighted by molar-refractivity contribution is 5.34. The van der Waals surface area contributed by atoms with Crippen LogP contribution in [0, 0.1) is 11.8 Å². The summed E-state index contributed by atoms with van der Waals surface area (Å²) in [5.41, 5.74) is 1.23. The molecule has 0 aromatic carbocycles. The summed E-state index contributed by atoms with van der Waals surface area (Å²) >= 11 is 0. The highest BCUT2D eigenvalue weighted by atomic mass is 15.3. The molecule has 2 heterocycles. The first kappa shape index (κ1) is 9.25. The van der Waals surface area contributed by atoms with E-state index in [9.17, 15) is 0 Å². The Morgan fingerprint density at radius 1 is 1.33 bits per heavy atom. The predicted octanol–water partition coefficient (Wildman–Crippen LogP) is 1.92. The van der Waals surface area contributed by atoms with Crippen LogP contribution in [-0.2, 0) is 13.0 Å². The van der Waals surface area contributed by atoms with Crippen molar-refractivity contribution in [2.45, 2.75) is 32.7 Å². The van der Waals surface area contributed by atoms with Gasteiger partial charge in [0.25, 0.3) is 0 Å². The van der Waals surface area contributed by atoms with Gasteiger partial charge in [0, 0.05) is 26.3 Å². The summed E-state index contributed by atoms with van der Waals surface area (Å²) in [4.78, 5) is 6.98. The molecule has 0 saturated heterocycles. The van der Waals surface area contributed by atoms with Crippen LogP contribution in [0.4, 0.5) is 5.95 Å². The second-order valence-corrected chi connectivity index (χ2v) is 5.02. The van der Waals surface area contributed by atoms with Crippen LogP contribution in [0.3, 0.4) is 0 Å². The third-order valence-corrected chi connectivity index (χ3v) is 3.74. The first-order valence-electron chi connectivity index (χ1n) is 6.05. The molecule has 1 fully saturated rings. The van der Waals surface area contributed by atoms with Gasteiger partial charge >= 0.3 is 0 Å². The number of anilines is 1. The number of fused-ring (bicyclic) bond motifs is 1. The summed E-state index contributed by atoms with van der Waals surface area (Å²) in [7, 11) is 2.17. The van der Waals surface area contributed by atoms with Crippen LogP contribution in [0.5, 0.6) is 0 Å². The van der Waals surface area contributed by atoms with Gasteiger partial charge in [0.1, 0.15) is 0 Å². The zero-order valence-electron chi connectivity index (χ0n) is 9.61. The second-order valence-electron chi connectivity index (χ2n) is 5.02. The van der Waals surface area contributed by atoms with Crippen molar-refractivity contribution in [3.63, 3.8) is 0 Å². The molecule has 3 nitrogen and oxygen atoms in total. The fraction of sp³-hybridized carbons (Fsp3) is 0.750. The van der Waals surface area contributed by atoms with E-state index in [1.807, 2.05) is 0 Å². The molecule has 2 aliphatic rings. The molecule has 1 saturated carbocycles. The van der Waals surface area contributed by atoms with E-state index in [-0.39, 0.29) is 0 Å². The molecule has 0 radical (unpaired) electrons. The standard InChI is InChI=1S/C12H19N3/c1-3-11-8-15-7-10(9-4-5-9)6-14(2)12(15)13-11/h8-10H,3-7H2,1-2H3. The van der Waals surface area contributed by atoms with Crippen molar-refractivity contribution in [3.8, 4) is 0 Å².